The second kappa shape index (κ2) is 6.69. The second-order valence-corrected chi connectivity index (χ2v) is 5.72. The fourth-order valence-electron chi connectivity index (χ4n) is 2.40. The van der Waals surface area contributed by atoms with Gasteiger partial charge in [-0.15, -0.1) is 0 Å². The minimum atomic E-state index is 0.280. The van der Waals surface area contributed by atoms with E-state index in [9.17, 15) is 0 Å². The van der Waals surface area contributed by atoms with Gasteiger partial charge in [0, 0.05) is 19.7 Å². The molecule has 1 unspecified atom stereocenters. The summed E-state index contributed by atoms with van der Waals surface area (Å²) in [5, 5.41) is 1.04. The number of anilines is 2. The number of ether oxygens (including phenoxy) is 1. The standard InChI is InChI=1S/C14H20Cl2N2O/c1-2-6-19-10-4-3-5-18(9-10)14-8-12(16)11(15)7-13(14)17/h7-8,10H,2-6,9,17H2,1H3. The van der Waals surface area contributed by atoms with E-state index in [4.69, 9.17) is 33.7 Å². The second-order valence-electron chi connectivity index (χ2n) is 4.91. The summed E-state index contributed by atoms with van der Waals surface area (Å²) in [5.74, 6) is 0. The normalized spacial score (nSPS) is 19.7. The molecule has 2 N–H and O–H groups in total. The van der Waals surface area contributed by atoms with Crippen LogP contribution in [-0.2, 0) is 4.74 Å². The molecule has 1 saturated heterocycles. The molecule has 0 bridgehead atoms. The summed E-state index contributed by atoms with van der Waals surface area (Å²) in [7, 11) is 0. The molecule has 1 atom stereocenters. The van der Waals surface area contributed by atoms with Crippen molar-refractivity contribution in [3.05, 3.63) is 22.2 Å². The fourth-order valence-corrected chi connectivity index (χ4v) is 2.73. The number of benzene rings is 1. The van der Waals surface area contributed by atoms with Crippen molar-refractivity contribution in [3.63, 3.8) is 0 Å². The molecule has 1 aliphatic rings. The van der Waals surface area contributed by atoms with Gasteiger partial charge in [0.05, 0.1) is 27.5 Å². The number of hydrogen-bond acceptors (Lipinski definition) is 3. The Kier molecular flexibility index (Phi) is 5.20. The fraction of sp³-hybridized carbons (Fsp3) is 0.571. The SMILES string of the molecule is CCCOC1CCCN(c2cc(Cl)c(Cl)cc2N)C1. The third kappa shape index (κ3) is 3.68. The molecule has 0 aromatic heterocycles. The van der Waals surface area contributed by atoms with Crippen LogP contribution in [0.15, 0.2) is 12.1 Å². The van der Waals surface area contributed by atoms with Crippen LogP contribution in [0.25, 0.3) is 0 Å². The van der Waals surface area contributed by atoms with Crippen molar-refractivity contribution in [2.24, 2.45) is 0 Å². The van der Waals surface area contributed by atoms with Gasteiger partial charge in [0.25, 0.3) is 0 Å². The van der Waals surface area contributed by atoms with Crippen LogP contribution in [0, 0.1) is 0 Å². The zero-order valence-electron chi connectivity index (χ0n) is 11.2. The Hall–Kier alpha value is -0.640. The summed E-state index contributed by atoms with van der Waals surface area (Å²) in [4.78, 5) is 2.24. The Labute approximate surface area is 124 Å². The molecule has 19 heavy (non-hydrogen) atoms. The van der Waals surface area contributed by atoms with Crippen LogP contribution < -0.4 is 10.6 Å². The van der Waals surface area contributed by atoms with Gasteiger partial charge in [0.15, 0.2) is 0 Å². The topological polar surface area (TPSA) is 38.5 Å². The Morgan fingerprint density at radius 3 is 2.84 bits per heavy atom. The van der Waals surface area contributed by atoms with Gasteiger partial charge in [-0.25, -0.2) is 0 Å². The van der Waals surface area contributed by atoms with Gasteiger partial charge in [-0.2, -0.15) is 0 Å². The number of hydrogen-bond donors (Lipinski definition) is 1. The molecule has 1 aliphatic heterocycles. The quantitative estimate of drug-likeness (QED) is 0.855. The largest absolute Gasteiger partial charge is 0.397 e. The van der Waals surface area contributed by atoms with E-state index in [1.807, 2.05) is 6.07 Å². The molecule has 1 fully saturated rings. The van der Waals surface area contributed by atoms with Crippen LogP contribution in [0.4, 0.5) is 11.4 Å². The Morgan fingerprint density at radius 1 is 1.37 bits per heavy atom. The molecule has 1 aromatic rings. The van der Waals surface area contributed by atoms with Gasteiger partial charge in [-0.1, -0.05) is 30.1 Å². The molecule has 1 aromatic carbocycles. The van der Waals surface area contributed by atoms with Crippen LogP contribution in [-0.4, -0.2) is 25.8 Å². The average Bonchev–Trinajstić information content (AvgIpc) is 2.41. The lowest BCUT2D eigenvalue weighted by Gasteiger charge is -2.35. The third-order valence-electron chi connectivity index (χ3n) is 3.35. The minimum Gasteiger partial charge on any atom is -0.397 e. The summed E-state index contributed by atoms with van der Waals surface area (Å²) in [6, 6.07) is 3.57. The first kappa shape index (κ1) is 14.8. The highest BCUT2D eigenvalue weighted by molar-refractivity contribution is 6.42. The van der Waals surface area contributed by atoms with Crippen LogP contribution >= 0.6 is 23.2 Å². The molecule has 2 rings (SSSR count). The lowest BCUT2D eigenvalue weighted by molar-refractivity contribution is 0.0441. The number of piperidine rings is 1. The Morgan fingerprint density at radius 2 is 2.11 bits per heavy atom. The molecule has 0 aliphatic carbocycles. The molecular formula is C14H20Cl2N2O. The lowest BCUT2D eigenvalue weighted by Crippen LogP contribution is -2.40. The van der Waals surface area contributed by atoms with Gasteiger partial charge in [-0.3, -0.25) is 0 Å². The van der Waals surface area contributed by atoms with Gasteiger partial charge in [0.2, 0.25) is 0 Å². The van der Waals surface area contributed by atoms with Crippen LogP contribution in [0.5, 0.6) is 0 Å². The van der Waals surface area contributed by atoms with Crippen LogP contribution in [0.2, 0.25) is 10.0 Å². The Bertz CT molecular complexity index is 440. The zero-order valence-corrected chi connectivity index (χ0v) is 12.7. The van der Waals surface area contributed by atoms with E-state index in [-0.39, 0.29) is 6.10 Å². The maximum Gasteiger partial charge on any atom is 0.0750 e. The van der Waals surface area contributed by atoms with E-state index in [0.29, 0.717) is 15.7 Å². The van der Waals surface area contributed by atoms with E-state index < -0.39 is 0 Å². The molecule has 106 valence electrons. The zero-order chi connectivity index (χ0) is 13.8. The highest BCUT2D eigenvalue weighted by Gasteiger charge is 2.22. The summed E-state index contributed by atoms with van der Waals surface area (Å²) in [6.07, 6.45) is 3.54. The maximum atomic E-state index is 6.08. The van der Waals surface area contributed by atoms with Crippen molar-refractivity contribution in [3.8, 4) is 0 Å². The highest BCUT2D eigenvalue weighted by atomic mass is 35.5. The third-order valence-corrected chi connectivity index (χ3v) is 4.07. The summed E-state index contributed by atoms with van der Waals surface area (Å²) < 4.78 is 5.84. The van der Waals surface area contributed by atoms with E-state index in [1.165, 1.54) is 0 Å². The van der Waals surface area contributed by atoms with Gasteiger partial charge < -0.3 is 15.4 Å². The van der Waals surface area contributed by atoms with Gasteiger partial charge >= 0.3 is 0 Å². The van der Waals surface area contributed by atoms with Crippen molar-refractivity contribution in [2.45, 2.75) is 32.3 Å². The minimum absolute atomic E-state index is 0.280. The predicted molar refractivity (Wildman–Crippen MR) is 82.4 cm³/mol. The van der Waals surface area contributed by atoms with E-state index in [0.717, 1.165) is 44.6 Å². The molecule has 5 heteroatoms. The van der Waals surface area contributed by atoms with Gasteiger partial charge in [0.1, 0.15) is 0 Å². The number of nitrogens with two attached hydrogens (primary N) is 1. The van der Waals surface area contributed by atoms with E-state index in [2.05, 4.69) is 11.8 Å². The van der Waals surface area contributed by atoms with Crippen LogP contribution in [0.1, 0.15) is 26.2 Å². The van der Waals surface area contributed by atoms with Crippen molar-refractivity contribution in [1.82, 2.24) is 0 Å². The predicted octanol–water partition coefficient (Wildman–Crippen LogP) is 3.97. The first-order valence-corrected chi connectivity index (χ1v) is 7.48. The number of nitrogens with zero attached hydrogens (tertiary/aromatic N) is 1. The van der Waals surface area contributed by atoms with Crippen molar-refractivity contribution in [1.29, 1.82) is 0 Å². The molecule has 0 radical (unpaired) electrons. The highest BCUT2D eigenvalue weighted by Crippen LogP contribution is 2.34. The lowest BCUT2D eigenvalue weighted by atomic mass is 10.1. The molecule has 3 nitrogen and oxygen atoms in total. The smallest absolute Gasteiger partial charge is 0.0750 e. The first-order valence-electron chi connectivity index (χ1n) is 6.73. The van der Waals surface area contributed by atoms with Crippen LogP contribution in [0.3, 0.4) is 0 Å². The summed E-state index contributed by atoms with van der Waals surface area (Å²) in [5.41, 5.74) is 7.67. The average molecular weight is 303 g/mol. The maximum absolute atomic E-state index is 6.08. The number of rotatable bonds is 4. The van der Waals surface area contributed by atoms with Gasteiger partial charge in [-0.05, 0) is 31.4 Å². The summed E-state index contributed by atoms with van der Waals surface area (Å²) >= 11 is 12.0. The Balaban J connectivity index is 2.10. The molecule has 0 spiro atoms. The summed E-state index contributed by atoms with van der Waals surface area (Å²) in [6.45, 7) is 4.78. The molecule has 0 saturated carbocycles. The van der Waals surface area contributed by atoms with Crippen molar-refractivity contribution < 1.29 is 4.74 Å². The molecule has 0 amide bonds. The monoisotopic (exact) mass is 302 g/mol. The number of halogens is 2. The van der Waals surface area contributed by atoms with E-state index >= 15 is 0 Å². The van der Waals surface area contributed by atoms with Crippen molar-refractivity contribution >= 4 is 34.6 Å². The molecule has 1 heterocycles. The number of nitrogen functional groups attached to an aromatic ring is 1. The molecular weight excluding hydrogens is 283 g/mol. The van der Waals surface area contributed by atoms with Crippen molar-refractivity contribution in [2.75, 3.05) is 30.3 Å². The first-order chi connectivity index (χ1) is 9.11. The van der Waals surface area contributed by atoms with E-state index in [1.54, 1.807) is 6.07 Å².